The van der Waals surface area contributed by atoms with Crippen LogP contribution in [-0.2, 0) is 17.9 Å². The largest absolute Gasteiger partial charge is 0.467 e. The summed E-state index contributed by atoms with van der Waals surface area (Å²) in [5.74, 6) is 1.24. The van der Waals surface area contributed by atoms with E-state index in [1.165, 1.54) is 0 Å². The van der Waals surface area contributed by atoms with E-state index in [-0.39, 0.29) is 36.4 Å². The number of thiazole rings is 1. The monoisotopic (exact) mass is 477 g/mol. The Morgan fingerprint density at radius 1 is 1.44 bits per heavy atom. The van der Waals surface area contributed by atoms with Gasteiger partial charge in [-0.3, -0.25) is 4.79 Å². The predicted octanol–water partition coefficient (Wildman–Crippen LogP) is 2.38. The average Bonchev–Trinajstić information content (AvgIpc) is 3.21. The molecule has 0 radical (unpaired) electrons. The number of aliphatic imine (C=N–C) groups is 1. The molecule has 0 fully saturated rings. The van der Waals surface area contributed by atoms with Crippen LogP contribution < -0.4 is 10.6 Å². The zero-order chi connectivity index (χ0) is 17.4. The molecule has 0 saturated heterocycles. The minimum Gasteiger partial charge on any atom is -0.467 e. The van der Waals surface area contributed by atoms with Crippen LogP contribution in [0.5, 0.6) is 0 Å². The molecule has 9 heteroatoms. The molecule has 0 spiro atoms. The molecule has 1 amide bonds. The number of nitrogens with one attached hydrogen (secondary N) is 2. The minimum atomic E-state index is -0.153. The third-order valence-electron chi connectivity index (χ3n) is 3.17. The third-order valence-corrected chi connectivity index (χ3v) is 4.00. The van der Waals surface area contributed by atoms with Crippen LogP contribution in [0.2, 0.25) is 0 Å². The molecule has 2 aromatic heterocycles. The molecule has 0 aromatic carbocycles. The lowest BCUT2D eigenvalue weighted by Gasteiger charge is -2.21. The van der Waals surface area contributed by atoms with Crippen molar-refractivity contribution in [1.82, 2.24) is 20.5 Å². The van der Waals surface area contributed by atoms with E-state index < -0.39 is 0 Å². The van der Waals surface area contributed by atoms with Gasteiger partial charge in [-0.25, -0.2) is 9.98 Å². The highest BCUT2D eigenvalue weighted by Gasteiger charge is 2.10. The topological polar surface area (TPSA) is 82.8 Å². The van der Waals surface area contributed by atoms with Crippen molar-refractivity contribution in [2.24, 2.45) is 4.99 Å². The first-order valence-corrected chi connectivity index (χ1v) is 8.66. The Hall–Kier alpha value is -1.62. The second kappa shape index (κ2) is 11.1. The lowest BCUT2D eigenvalue weighted by Crippen LogP contribution is -2.39. The molecule has 25 heavy (non-hydrogen) atoms. The van der Waals surface area contributed by atoms with Gasteiger partial charge in [0.05, 0.1) is 30.1 Å². The van der Waals surface area contributed by atoms with Gasteiger partial charge in [-0.1, -0.05) is 0 Å². The van der Waals surface area contributed by atoms with Crippen molar-refractivity contribution in [3.05, 3.63) is 40.2 Å². The van der Waals surface area contributed by atoms with E-state index in [4.69, 9.17) is 4.42 Å². The Kier molecular flexibility index (Phi) is 9.50. The van der Waals surface area contributed by atoms with Gasteiger partial charge in [-0.2, -0.15) is 0 Å². The molecule has 2 N–H and O–H groups in total. The second-order valence-corrected chi connectivity index (χ2v) is 6.30. The molecule has 0 saturated carbocycles. The fourth-order valence-corrected chi connectivity index (χ4v) is 2.67. The zero-order valence-electron chi connectivity index (χ0n) is 14.6. The van der Waals surface area contributed by atoms with Gasteiger partial charge in [0.1, 0.15) is 12.3 Å². The van der Waals surface area contributed by atoms with Crippen molar-refractivity contribution in [3.8, 4) is 0 Å². The van der Waals surface area contributed by atoms with Crippen molar-refractivity contribution in [3.63, 3.8) is 0 Å². The number of hydrogen-bond acceptors (Lipinski definition) is 5. The van der Waals surface area contributed by atoms with Gasteiger partial charge in [-0.15, -0.1) is 35.3 Å². The number of furan rings is 1. The second-order valence-electron chi connectivity index (χ2n) is 5.24. The Labute approximate surface area is 168 Å². The number of hydrogen-bond donors (Lipinski definition) is 2. The van der Waals surface area contributed by atoms with Crippen LogP contribution in [0.1, 0.15) is 23.4 Å². The van der Waals surface area contributed by atoms with E-state index >= 15 is 0 Å². The van der Waals surface area contributed by atoms with Gasteiger partial charge in [0.15, 0.2) is 5.96 Å². The molecule has 0 unspecified atom stereocenters. The molecule has 0 bridgehead atoms. The SMILES string of the molecule is CCNC(=NCC(=O)NCc1ccco1)N(C)Cc1csc(C)n1.I. The quantitative estimate of drug-likeness (QED) is 0.364. The number of carbonyl (C=O) groups is 1. The molecule has 2 heterocycles. The number of guanidine groups is 1. The summed E-state index contributed by atoms with van der Waals surface area (Å²) in [5.41, 5.74) is 0.993. The molecular formula is C16H24IN5O2S. The van der Waals surface area contributed by atoms with Gasteiger partial charge >= 0.3 is 0 Å². The van der Waals surface area contributed by atoms with E-state index in [2.05, 4.69) is 20.6 Å². The van der Waals surface area contributed by atoms with E-state index in [0.717, 1.165) is 23.0 Å². The number of nitrogens with zero attached hydrogens (tertiary/aromatic N) is 3. The van der Waals surface area contributed by atoms with Crippen LogP contribution in [0, 0.1) is 6.92 Å². The number of aryl methyl sites for hydroxylation is 1. The van der Waals surface area contributed by atoms with Crippen LogP contribution in [0.15, 0.2) is 33.2 Å². The third kappa shape index (κ3) is 7.43. The first kappa shape index (κ1) is 21.4. The van der Waals surface area contributed by atoms with E-state index in [1.807, 2.05) is 37.2 Å². The van der Waals surface area contributed by atoms with Gasteiger partial charge in [0.2, 0.25) is 5.91 Å². The Balaban J connectivity index is 0.00000312. The molecule has 0 aliphatic carbocycles. The maximum Gasteiger partial charge on any atom is 0.242 e. The Morgan fingerprint density at radius 2 is 2.24 bits per heavy atom. The normalized spacial score (nSPS) is 10.9. The van der Waals surface area contributed by atoms with Gasteiger partial charge < -0.3 is 20.0 Å². The lowest BCUT2D eigenvalue weighted by molar-refractivity contribution is -0.119. The summed E-state index contributed by atoms with van der Waals surface area (Å²) in [4.78, 5) is 22.7. The number of carbonyl (C=O) groups excluding carboxylic acids is 1. The summed E-state index contributed by atoms with van der Waals surface area (Å²) in [5, 5.41) is 9.04. The maximum atomic E-state index is 11.9. The summed E-state index contributed by atoms with van der Waals surface area (Å²) >= 11 is 1.62. The molecular weight excluding hydrogens is 453 g/mol. The predicted molar refractivity (Wildman–Crippen MR) is 110 cm³/mol. The molecule has 7 nitrogen and oxygen atoms in total. The first-order valence-electron chi connectivity index (χ1n) is 7.78. The Morgan fingerprint density at radius 3 is 2.84 bits per heavy atom. The number of amides is 1. The van der Waals surface area contributed by atoms with Crippen molar-refractivity contribution in [1.29, 1.82) is 0 Å². The zero-order valence-corrected chi connectivity index (χ0v) is 17.8. The molecule has 0 aliphatic rings. The fraction of sp³-hybridized carbons (Fsp3) is 0.438. The maximum absolute atomic E-state index is 11.9. The molecule has 0 aliphatic heterocycles. The van der Waals surface area contributed by atoms with Gasteiger partial charge in [0, 0.05) is 19.0 Å². The molecule has 0 atom stereocenters. The fourth-order valence-electron chi connectivity index (χ4n) is 2.07. The summed E-state index contributed by atoms with van der Waals surface area (Å²) in [6.07, 6.45) is 1.58. The summed E-state index contributed by atoms with van der Waals surface area (Å²) in [7, 11) is 1.93. The van der Waals surface area contributed by atoms with E-state index in [0.29, 0.717) is 19.0 Å². The van der Waals surface area contributed by atoms with Crippen molar-refractivity contribution < 1.29 is 9.21 Å². The van der Waals surface area contributed by atoms with Crippen LogP contribution in [0.3, 0.4) is 0 Å². The van der Waals surface area contributed by atoms with Crippen molar-refractivity contribution in [2.75, 3.05) is 20.1 Å². The van der Waals surface area contributed by atoms with E-state index in [1.54, 1.807) is 23.7 Å². The summed E-state index contributed by atoms with van der Waals surface area (Å²) in [6.45, 7) is 5.77. The van der Waals surface area contributed by atoms with Crippen molar-refractivity contribution in [2.45, 2.75) is 26.9 Å². The van der Waals surface area contributed by atoms with Crippen molar-refractivity contribution >= 4 is 47.2 Å². The average molecular weight is 477 g/mol. The van der Waals surface area contributed by atoms with Gasteiger partial charge in [-0.05, 0) is 26.0 Å². The van der Waals surface area contributed by atoms with Crippen LogP contribution >= 0.6 is 35.3 Å². The molecule has 138 valence electrons. The first-order chi connectivity index (χ1) is 11.6. The number of halogens is 1. The highest BCUT2D eigenvalue weighted by atomic mass is 127. The van der Waals surface area contributed by atoms with Crippen LogP contribution in [0.4, 0.5) is 0 Å². The molecule has 2 aromatic rings. The highest BCUT2D eigenvalue weighted by molar-refractivity contribution is 14.0. The number of rotatable bonds is 7. The van der Waals surface area contributed by atoms with E-state index in [9.17, 15) is 4.79 Å². The molecule has 2 rings (SSSR count). The summed E-state index contributed by atoms with van der Waals surface area (Å²) in [6, 6.07) is 3.61. The lowest BCUT2D eigenvalue weighted by atomic mass is 10.4. The standard InChI is InChI=1S/C16H23N5O2S.HI/c1-4-17-16(21(3)10-13-11-24-12(2)20-13)19-9-15(22)18-8-14-6-5-7-23-14;/h5-7,11H,4,8-10H2,1-3H3,(H,17,19)(H,18,22);1H. The van der Waals surface area contributed by atoms with Gasteiger partial charge in [0.25, 0.3) is 0 Å². The highest BCUT2D eigenvalue weighted by Crippen LogP contribution is 2.09. The summed E-state index contributed by atoms with van der Waals surface area (Å²) < 4.78 is 5.18. The van der Waals surface area contributed by atoms with Crippen LogP contribution in [-0.4, -0.2) is 41.9 Å². The number of aromatic nitrogens is 1. The Bertz CT molecular complexity index is 672. The van der Waals surface area contributed by atoms with Crippen LogP contribution in [0.25, 0.3) is 0 Å². The smallest absolute Gasteiger partial charge is 0.242 e. The minimum absolute atomic E-state index is 0.